The van der Waals surface area contributed by atoms with Crippen LogP contribution in [0.4, 0.5) is 0 Å². The Morgan fingerprint density at radius 3 is 0.917 bits per heavy atom. The molecule has 0 fully saturated rings. The second kappa shape index (κ2) is 12.9. The lowest BCUT2D eigenvalue weighted by Crippen LogP contribution is -1.78. The Morgan fingerprint density at radius 1 is 0.917 bits per heavy atom. The number of carboxylic acids is 2. The molecule has 8 heteroatoms. The Hall–Kier alpha value is -0.750. The maximum Gasteiger partial charge on any atom is 0.324 e. The molecule has 0 aliphatic carbocycles. The molecular weight excluding hydrogens is 191 g/mol. The normalized spacial score (nSPS) is 7.17. The van der Waals surface area contributed by atoms with Gasteiger partial charge in [0.25, 0.3) is 11.9 Å². The van der Waals surface area contributed by atoms with E-state index in [-0.39, 0.29) is 0 Å². The van der Waals surface area contributed by atoms with E-state index in [1.54, 1.807) is 0 Å². The molecule has 0 aromatic carbocycles. The number of rotatable bonds is 0. The van der Waals surface area contributed by atoms with Crippen LogP contribution in [0.1, 0.15) is 13.8 Å². The van der Waals surface area contributed by atoms with E-state index in [9.17, 15) is 0 Å². The molecule has 0 heterocycles. The summed E-state index contributed by atoms with van der Waals surface area (Å²) < 4.78 is 0. The van der Waals surface area contributed by atoms with Crippen molar-refractivity contribution < 1.29 is 34.5 Å². The predicted octanol–water partition coefficient (Wildman–Crippen LogP) is -0.628. The first-order valence-corrected chi connectivity index (χ1v) is 3.66. The average Bonchev–Trinajstić information content (AvgIpc) is 1.54. The highest BCUT2D eigenvalue weighted by molar-refractivity contribution is 7.38. The van der Waals surface area contributed by atoms with Gasteiger partial charge in [-0.15, -0.1) is 0 Å². The molecule has 7 nitrogen and oxygen atoms in total. The third-order valence-electron chi connectivity index (χ3n) is 0. The number of carboxylic acid groups (broad SMARTS) is 2. The van der Waals surface area contributed by atoms with Crippen LogP contribution >= 0.6 is 8.60 Å². The van der Waals surface area contributed by atoms with Gasteiger partial charge in [0.2, 0.25) is 0 Å². The summed E-state index contributed by atoms with van der Waals surface area (Å²) in [5.41, 5.74) is 0. The molecule has 0 saturated heterocycles. The van der Waals surface area contributed by atoms with Gasteiger partial charge in [0.05, 0.1) is 0 Å². The summed E-state index contributed by atoms with van der Waals surface area (Å²) >= 11 is 0. The van der Waals surface area contributed by atoms with Crippen molar-refractivity contribution in [3.8, 4) is 0 Å². The van der Waals surface area contributed by atoms with Gasteiger partial charge in [-0.2, -0.15) is 0 Å². The van der Waals surface area contributed by atoms with Gasteiger partial charge in [0.15, 0.2) is 0 Å². The number of aliphatic carboxylic acids is 2. The Kier molecular flexibility index (Phi) is 18.6. The second-order valence-corrected chi connectivity index (χ2v) is 1.84. The van der Waals surface area contributed by atoms with Crippen LogP contribution in [0.3, 0.4) is 0 Å². The van der Waals surface area contributed by atoms with Crippen LogP contribution in [0.2, 0.25) is 0 Å². The molecule has 0 amide bonds. The third-order valence-corrected chi connectivity index (χ3v) is 0. The van der Waals surface area contributed by atoms with E-state index >= 15 is 0 Å². The minimum absolute atomic E-state index is 0.833. The highest BCUT2D eigenvalue weighted by Gasteiger charge is 1.76. The molecule has 0 atom stereocenters. The SMILES string of the molecule is CC(=O)O.CC(=O)O.OP(O)O. The Morgan fingerprint density at radius 2 is 0.917 bits per heavy atom. The molecule has 0 saturated carbocycles. The van der Waals surface area contributed by atoms with Crippen LogP contribution in [0.5, 0.6) is 0 Å². The van der Waals surface area contributed by atoms with Gasteiger partial charge in [-0.05, 0) is 0 Å². The Labute approximate surface area is 69.9 Å². The standard InChI is InChI=1S/2C2H4O2.H3O3P/c2*1-2(3)4;1-4(2)3/h2*1H3,(H,3,4);1-3H. The quantitative estimate of drug-likeness (QED) is 0.330. The highest BCUT2D eigenvalue weighted by Crippen LogP contribution is 2.11. The molecule has 0 aliphatic heterocycles. The topological polar surface area (TPSA) is 135 Å². The first-order valence-electron chi connectivity index (χ1n) is 2.46. The minimum Gasteiger partial charge on any atom is -0.481 e. The highest BCUT2D eigenvalue weighted by atomic mass is 31.2. The summed E-state index contributed by atoms with van der Waals surface area (Å²) in [5, 5.41) is 14.8. The number of hydrogen-bond donors (Lipinski definition) is 5. The summed E-state index contributed by atoms with van der Waals surface area (Å²) in [6.45, 7) is 2.17. The van der Waals surface area contributed by atoms with Gasteiger partial charge in [0.1, 0.15) is 0 Å². The van der Waals surface area contributed by atoms with E-state index in [0.29, 0.717) is 0 Å². The Bertz CT molecular complexity index is 99.8. The van der Waals surface area contributed by atoms with E-state index in [4.69, 9.17) is 34.5 Å². The van der Waals surface area contributed by atoms with Crippen LogP contribution in [0, 0.1) is 0 Å². The fourth-order valence-corrected chi connectivity index (χ4v) is 0. The predicted molar refractivity (Wildman–Crippen MR) is 40.2 cm³/mol. The van der Waals surface area contributed by atoms with Crippen LogP contribution < -0.4 is 0 Å². The van der Waals surface area contributed by atoms with E-state index in [1.807, 2.05) is 0 Å². The van der Waals surface area contributed by atoms with Gasteiger partial charge in [-0.25, -0.2) is 0 Å². The number of hydrogen-bond acceptors (Lipinski definition) is 5. The van der Waals surface area contributed by atoms with Gasteiger partial charge < -0.3 is 24.9 Å². The summed E-state index contributed by atoms with van der Waals surface area (Å²) in [7, 11) is -2.62. The van der Waals surface area contributed by atoms with Crippen molar-refractivity contribution >= 4 is 20.5 Å². The molecule has 0 unspecified atom stereocenters. The van der Waals surface area contributed by atoms with Gasteiger partial charge in [-0.3, -0.25) is 9.59 Å². The third kappa shape index (κ3) is 1120. The van der Waals surface area contributed by atoms with E-state index in [1.165, 1.54) is 0 Å². The van der Waals surface area contributed by atoms with Gasteiger partial charge >= 0.3 is 8.60 Å². The minimum atomic E-state index is -2.62. The van der Waals surface area contributed by atoms with Crippen molar-refractivity contribution in [2.45, 2.75) is 13.8 Å². The molecule has 0 rings (SSSR count). The lowest BCUT2D eigenvalue weighted by molar-refractivity contribution is -0.135. The van der Waals surface area contributed by atoms with E-state index in [2.05, 4.69) is 0 Å². The average molecular weight is 202 g/mol. The zero-order chi connectivity index (χ0) is 10.7. The van der Waals surface area contributed by atoms with E-state index < -0.39 is 20.5 Å². The smallest absolute Gasteiger partial charge is 0.324 e. The zero-order valence-corrected chi connectivity index (χ0v) is 7.39. The second-order valence-electron chi connectivity index (χ2n) is 1.31. The molecule has 0 aliphatic rings. The molecule has 5 N–H and O–H groups in total. The summed E-state index contributed by atoms with van der Waals surface area (Å²) in [6, 6.07) is 0. The van der Waals surface area contributed by atoms with Crippen LogP contribution in [-0.4, -0.2) is 36.8 Å². The fourth-order valence-electron chi connectivity index (χ4n) is 0. The van der Waals surface area contributed by atoms with Crippen molar-refractivity contribution in [1.29, 1.82) is 0 Å². The molecule has 74 valence electrons. The molecule has 0 aromatic rings. The van der Waals surface area contributed by atoms with Crippen LogP contribution in [0.25, 0.3) is 0 Å². The van der Waals surface area contributed by atoms with E-state index in [0.717, 1.165) is 13.8 Å². The molecule has 12 heavy (non-hydrogen) atoms. The molecule has 0 bridgehead atoms. The monoisotopic (exact) mass is 202 g/mol. The Balaban J connectivity index is -0.000000101. The summed E-state index contributed by atoms with van der Waals surface area (Å²) in [4.78, 5) is 39.7. The van der Waals surface area contributed by atoms with Crippen molar-refractivity contribution in [3.05, 3.63) is 0 Å². The molecule has 0 spiro atoms. The first-order chi connectivity index (χ1) is 5.20. The van der Waals surface area contributed by atoms with Crippen molar-refractivity contribution in [1.82, 2.24) is 0 Å². The summed E-state index contributed by atoms with van der Waals surface area (Å²) in [5.74, 6) is -1.67. The lowest BCUT2D eigenvalue weighted by atomic mass is 10.9. The maximum atomic E-state index is 9.00. The van der Waals surface area contributed by atoms with Crippen molar-refractivity contribution in [2.24, 2.45) is 0 Å². The zero-order valence-electron chi connectivity index (χ0n) is 6.50. The van der Waals surface area contributed by atoms with Gasteiger partial charge in [-0.1, -0.05) is 0 Å². The number of carbonyl (C=O) groups is 2. The lowest BCUT2D eigenvalue weighted by Gasteiger charge is -1.76. The molecule has 0 radical (unpaired) electrons. The van der Waals surface area contributed by atoms with Crippen molar-refractivity contribution in [3.63, 3.8) is 0 Å². The fraction of sp³-hybridized carbons (Fsp3) is 0.500. The maximum absolute atomic E-state index is 9.00. The van der Waals surface area contributed by atoms with Crippen LogP contribution in [-0.2, 0) is 9.59 Å². The molecular formula is C4H11O7P. The largest absolute Gasteiger partial charge is 0.481 e. The first kappa shape index (κ1) is 17.4. The summed E-state index contributed by atoms with van der Waals surface area (Å²) in [6.07, 6.45) is 0. The van der Waals surface area contributed by atoms with Gasteiger partial charge in [0, 0.05) is 13.8 Å². The molecule has 0 aromatic heterocycles. The van der Waals surface area contributed by atoms with Crippen LogP contribution in [0.15, 0.2) is 0 Å². The van der Waals surface area contributed by atoms with Crippen molar-refractivity contribution in [2.75, 3.05) is 0 Å².